The number of carbonyl (C=O) groups is 5. The first-order valence-electron chi connectivity index (χ1n) is 10.5. The molecule has 0 aliphatic carbocycles. The molecule has 11 nitrogen and oxygen atoms in total. The molecule has 2 fully saturated rings. The second-order valence-electron chi connectivity index (χ2n) is 8.14. The van der Waals surface area contributed by atoms with Crippen LogP contribution in [0.5, 0.6) is 0 Å². The third kappa shape index (κ3) is 3.26. The van der Waals surface area contributed by atoms with Gasteiger partial charge in [0.25, 0.3) is 11.8 Å². The molecule has 5 amide bonds. The minimum Gasteiger partial charge on any atom is -0.356 e. The first-order chi connectivity index (χ1) is 15.4. The minimum absolute atomic E-state index is 0.00735. The quantitative estimate of drug-likeness (QED) is 0.628. The van der Waals surface area contributed by atoms with Crippen molar-refractivity contribution in [3.05, 3.63) is 41.2 Å². The maximum absolute atomic E-state index is 13.2. The average molecular weight is 436 g/mol. The minimum atomic E-state index is -1.04. The lowest BCUT2D eigenvalue weighted by atomic mass is 9.94. The molecule has 164 valence electrons. The Bertz CT molecular complexity index is 1170. The number of aromatic nitrogens is 3. The summed E-state index contributed by atoms with van der Waals surface area (Å²) in [7, 11) is 0. The fourth-order valence-electron chi connectivity index (χ4n) is 4.48. The van der Waals surface area contributed by atoms with Gasteiger partial charge >= 0.3 is 0 Å². The maximum Gasteiger partial charge on any atom is 0.264 e. The lowest BCUT2D eigenvalue weighted by Crippen LogP contribution is -2.54. The van der Waals surface area contributed by atoms with E-state index in [4.69, 9.17) is 0 Å². The first kappa shape index (κ1) is 20.0. The molecular formula is C21H20N6O5. The summed E-state index contributed by atoms with van der Waals surface area (Å²) >= 11 is 0. The van der Waals surface area contributed by atoms with Gasteiger partial charge in [0.15, 0.2) is 0 Å². The van der Waals surface area contributed by atoms with Gasteiger partial charge in [-0.25, -0.2) is 4.68 Å². The van der Waals surface area contributed by atoms with Crippen molar-refractivity contribution in [3.8, 4) is 5.69 Å². The third-order valence-corrected chi connectivity index (χ3v) is 6.09. The molecule has 4 heterocycles. The summed E-state index contributed by atoms with van der Waals surface area (Å²) < 4.78 is 1.41. The van der Waals surface area contributed by atoms with Gasteiger partial charge in [-0.2, -0.15) is 0 Å². The smallest absolute Gasteiger partial charge is 0.264 e. The molecule has 0 bridgehead atoms. The molecule has 32 heavy (non-hydrogen) atoms. The molecule has 2 N–H and O–H groups in total. The number of hydrogen-bond donors (Lipinski definition) is 2. The van der Waals surface area contributed by atoms with E-state index in [9.17, 15) is 24.0 Å². The topological polar surface area (TPSA) is 143 Å². The highest BCUT2D eigenvalue weighted by Gasteiger charge is 2.45. The zero-order valence-electron chi connectivity index (χ0n) is 17.0. The van der Waals surface area contributed by atoms with Crippen molar-refractivity contribution >= 4 is 29.5 Å². The number of carbonyl (C=O) groups excluding carboxylic acids is 5. The molecule has 11 heteroatoms. The maximum atomic E-state index is 13.2. The normalized spacial score (nSPS) is 23.2. The fraction of sp³-hybridized carbons (Fsp3) is 0.381. The third-order valence-electron chi connectivity index (χ3n) is 6.09. The van der Waals surface area contributed by atoms with Crippen molar-refractivity contribution in [3.63, 3.8) is 0 Å². The number of piperidine rings is 2. The van der Waals surface area contributed by atoms with Crippen LogP contribution in [0.2, 0.25) is 0 Å². The molecule has 1 aromatic heterocycles. The summed E-state index contributed by atoms with van der Waals surface area (Å²) in [6, 6.07) is 3.76. The summed E-state index contributed by atoms with van der Waals surface area (Å²) in [6.45, 7) is 0.679. The van der Waals surface area contributed by atoms with E-state index in [1.165, 1.54) is 10.7 Å². The first-order valence-corrected chi connectivity index (χ1v) is 10.5. The van der Waals surface area contributed by atoms with Gasteiger partial charge in [0.2, 0.25) is 17.7 Å². The van der Waals surface area contributed by atoms with Gasteiger partial charge in [-0.1, -0.05) is 11.3 Å². The van der Waals surface area contributed by atoms with Crippen LogP contribution in [0.15, 0.2) is 24.4 Å². The van der Waals surface area contributed by atoms with Crippen molar-refractivity contribution in [2.24, 2.45) is 5.92 Å². The molecule has 2 unspecified atom stereocenters. The molecule has 0 radical (unpaired) electrons. The van der Waals surface area contributed by atoms with Gasteiger partial charge in [0.1, 0.15) is 6.04 Å². The van der Waals surface area contributed by atoms with Crippen LogP contribution in [0, 0.1) is 5.92 Å². The molecule has 2 saturated heterocycles. The largest absolute Gasteiger partial charge is 0.356 e. The Kier molecular flexibility index (Phi) is 4.80. The number of nitrogens with one attached hydrogen (secondary N) is 2. The monoisotopic (exact) mass is 436 g/mol. The second kappa shape index (κ2) is 7.66. The van der Waals surface area contributed by atoms with Gasteiger partial charge in [0.05, 0.1) is 28.7 Å². The number of nitrogens with zero attached hydrogens (tertiary/aromatic N) is 4. The number of rotatable bonds is 4. The average Bonchev–Trinajstić information content (AvgIpc) is 3.33. The molecule has 1 aromatic carbocycles. The van der Waals surface area contributed by atoms with Crippen molar-refractivity contribution in [2.75, 3.05) is 6.54 Å². The number of imide groups is 2. The van der Waals surface area contributed by atoms with Gasteiger partial charge in [-0.15, -0.1) is 5.10 Å². The van der Waals surface area contributed by atoms with Crippen LogP contribution in [0.3, 0.4) is 0 Å². The Morgan fingerprint density at radius 3 is 2.66 bits per heavy atom. The second-order valence-corrected chi connectivity index (χ2v) is 8.14. The summed E-state index contributed by atoms with van der Waals surface area (Å²) in [5.41, 5.74) is 1.26. The fourth-order valence-corrected chi connectivity index (χ4v) is 4.48. The Morgan fingerprint density at radius 2 is 1.88 bits per heavy atom. The molecular weight excluding hydrogens is 416 g/mol. The molecule has 0 saturated carbocycles. The van der Waals surface area contributed by atoms with Crippen LogP contribution < -0.4 is 10.6 Å². The van der Waals surface area contributed by atoms with E-state index < -0.39 is 29.7 Å². The van der Waals surface area contributed by atoms with E-state index >= 15 is 0 Å². The van der Waals surface area contributed by atoms with Gasteiger partial charge < -0.3 is 5.32 Å². The molecule has 3 aliphatic heterocycles. The Balaban J connectivity index is 1.44. The van der Waals surface area contributed by atoms with Gasteiger partial charge in [-0.3, -0.25) is 34.2 Å². The number of fused-ring (bicyclic) bond motifs is 1. The standard InChI is InChI=1S/C21H20N6O5/c28-16-7-6-15(19(30)23-16)27-20(31)13-4-1-5-14(17(13)21(27)32)26-10-12(24-25-26)9-11-3-2-8-22-18(11)29/h1,4-5,10-11,15H,2-3,6-9H2,(H,22,29)(H,23,28,30). The molecule has 5 rings (SSSR count). The lowest BCUT2D eigenvalue weighted by Gasteiger charge is -2.27. The van der Waals surface area contributed by atoms with Crippen LogP contribution in [0.25, 0.3) is 5.69 Å². The molecule has 2 atom stereocenters. The van der Waals surface area contributed by atoms with E-state index in [-0.39, 0.29) is 35.8 Å². The summed E-state index contributed by atoms with van der Waals surface area (Å²) in [5, 5.41) is 13.3. The van der Waals surface area contributed by atoms with E-state index in [1.807, 2.05) is 0 Å². The summed E-state index contributed by atoms with van der Waals surface area (Å²) in [4.78, 5) is 62.9. The van der Waals surface area contributed by atoms with Crippen LogP contribution in [0.1, 0.15) is 52.1 Å². The van der Waals surface area contributed by atoms with Crippen LogP contribution in [0.4, 0.5) is 0 Å². The van der Waals surface area contributed by atoms with E-state index in [0.717, 1.165) is 17.7 Å². The number of benzene rings is 1. The molecule has 3 aliphatic rings. The Morgan fingerprint density at radius 1 is 1.03 bits per heavy atom. The number of amides is 5. The van der Waals surface area contributed by atoms with Crippen molar-refractivity contribution in [1.29, 1.82) is 0 Å². The SMILES string of the molecule is O=C1CCC(N2C(=O)c3cccc(-n4cc(CC5CCCNC5=O)nn4)c3C2=O)C(=O)N1. The molecule has 0 spiro atoms. The van der Waals surface area contributed by atoms with Gasteiger partial charge in [0, 0.05) is 25.3 Å². The van der Waals surface area contributed by atoms with E-state index in [2.05, 4.69) is 20.9 Å². The Hall–Kier alpha value is -3.89. The number of hydrogen-bond acceptors (Lipinski definition) is 7. The van der Waals surface area contributed by atoms with Gasteiger partial charge in [-0.05, 0) is 31.4 Å². The van der Waals surface area contributed by atoms with E-state index in [1.54, 1.807) is 18.3 Å². The summed E-state index contributed by atoms with van der Waals surface area (Å²) in [5.74, 6) is -2.47. The highest BCUT2D eigenvalue weighted by Crippen LogP contribution is 2.31. The van der Waals surface area contributed by atoms with Crippen LogP contribution in [-0.4, -0.2) is 62.0 Å². The zero-order chi connectivity index (χ0) is 22.4. The predicted molar refractivity (Wildman–Crippen MR) is 107 cm³/mol. The van der Waals surface area contributed by atoms with Crippen LogP contribution >= 0.6 is 0 Å². The van der Waals surface area contributed by atoms with Crippen molar-refractivity contribution < 1.29 is 24.0 Å². The highest BCUT2D eigenvalue weighted by molar-refractivity contribution is 6.24. The van der Waals surface area contributed by atoms with E-state index in [0.29, 0.717) is 24.3 Å². The predicted octanol–water partition coefficient (Wildman–Crippen LogP) is -0.263. The highest BCUT2D eigenvalue weighted by atomic mass is 16.2. The Labute approximate surface area is 182 Å². The van der Waals surface area contributed by atoms with Crippen molar-refractivity contribution in [2.45, 2.75) is 38.1 Å². The lowest BCUT2D eigenvalue weighted by molar-refractivity contribution is -0.136. The summed E-state index contributed by atoms with van der Waals surface area (Å²) in [6.07, 6.45) is 3.89. The zero-order valence-corrected chi connectivity index (χ0v) is 17.0. The van der Waals surface area contributed by atoms with Crippen molar-refractivity contribution in [1.82, 2.24) is 30.5 Å². The molecule has 2 aromatic rings. The van der Waals surface area contributed by atoms with Crippen LogP contribution in [-0.2, 0) is 20.8 Å².